The van der Waals surface area contributed by atoms with Gasteiger partial charge < -0.3 is 15.1 Å². The van der Waals surface area contributed by atoms with Gasteiger partial charge in [-0.1, -0.05) is 60.1 Å². The number of hydrogen-bond donors (Lipinski definition) is 1. The molecule has 0 spiro atoms. The highest BCUT2D eigenvalue weighted by Gasteiger charge is 2.43. The Morgan fingerprint density at radius 2 is 1.72 bits per heavy atom. The van der Waals surface area contributed by atoms with Gasteiger partial charge in [0.25, 0.3) is 5.91 Å². The highest BCUT2D eigenvalue weighted by molar-refractivity contribution is 6.31. The van der Waals surface area contributed by atoms with Crippen molar-refractivity contribution in [2.24, 2.45) is 5.92 Å². The molecule has 188 valence electrons. The zero-order valence-electron chi connectivity index (χ0n) is 20.5. The van der Waals surface area contributed by atoms with Crippen LogP contribution in [0.5, 0.6) is 0 Å². The van der Waals surface area contributed by atoms with E-state index in [1.54, 1.807) is 18.0 Å². The van der Waals surface area contributed by atoms with E-state index in [1.165, 1.54) is 10.5 Å². The number of halogens is 1. The van der Waals surface area contributed by atoms with Crippen molar-refractivity contribution >= 4 is 29.4 Å². The van der Waals surface area contributed by atoms with Crippen LogP contribution in [-0.4, -0.2) is 65.8 Å². The van der Waals surface area contributed by atoms with Crippen molar-refractivity contribution < 1.29 is 14.4 Å². The number of rotatable bonds is 6. The van der Waals surface area contributed by atoms with Crippen molar-refractivity contribution in [2.45, 2.75) is 31.7 Å². The highest BCUT2D eigenvalue weighted by Crippen LogP contribution is 2.38. The summed E-state index contributed by atoms with van der Waals surface area (Å²) in [7, 11) is 1.66. The molecule has 1 N–H and O–H groups in total. The van der Waals surface area contributed by atoms with Crippen molar-refractivity contribution in [2.75, 3.05) is 33.2 Å². The summed E-state index contributed by atoms with van der Waals surface area (Å²) in [5.74, 6) is 0.516. The van der Waals surface area contributed by atoms with Crippen LogP contribution in [-0.2, 0) is 16.0 Å². The molecule has 5 rings (SSSR count). The number of piperidine rings is 1. The third-order valence-electron chi connectivity index (χ3n) is 7.58. The molecule has 3 aliphatic heterocycles. The van der Waals surface area contributed by atoms with Crippen LogP contribution in [0.3, 0.4) is 0 Å². The van der Waals surface area contributed by atoms with Gasteiger partial charge in [0.15, 0.2) is 0 Å². The lowest BCUT2D eigenvalue weighted by Gasteiger charge is -2.32. The summed E-state index contributed by atoms with van der Waals surface area (Å²) >= 11 is 6.40. The van der Waals surface area contributed by atoms with Gasteiger partial charge in [-0.3, -0.25) is 14.5 Å². The molecular formula is C28H31ClN4O3. The van der Waals surface area contributed by atoms with E-state index < -0.39 is 6.04 Å². The fraction of sp³-hybridized carbons (Fsp3) is 0.393. The molecule has 3 heterocycles. The minimum absolute atomic E-state index is 0.0797. The van der Waals surface area contributed by atoms with Gasteiger partial charge in [0.1, 0.15) is 0 Å². The Morgan fingerprint density at radius 1 is 1.03 bits per heavy atom. The van der Waals surface area contributed by atoms with E-state index in [0.29, 0.717) is 40.9 Å². The van der Waals surface area contributed by atoms with Crippen molar-refractivity contribution in [3.8, 4) is 0 Å². The van der Waals surface area contributed by atoms with Crippen LogP contribution >= 0.6 is 11.6 Å². The standard InChI is InChI=1S/C28H31ClN4O3/c1-31-23-18-33(27(35)25(23)26(30-28(31)36)21-9-5-6-10-22(21)29)16-13-24(34)32-14-11-20(12-15-32)17-19-7-3-2-4-8-19/h2-10,20,26H,11-18H2,1H3,(H,30,36)/t26-/m0/s1. The number of likely N-dealkylation sites (N-methyl/N-ethyl adjacent to an activating group) is 1. The molecule has 0 radical (unpaired) electrons. The van der Waals surface area contributed by atoms with Gasteiger partial charge in [0.2, 0.25) is 5.91 Å². The van der Waals surface area contributed by atoms with E-state index in [1.807, 2.05) is 29.2 Å². The van der Waals surface area contributed by atoms with E-state index in [0.717, 1.165) is 32.4 Å². The van der Waals surface area contributed by atoms with Gasteiger partial charge in [-0.2, -0.15) is 0 Å². The quantitative estimate of drug-likeness (QED) is 0.643. The lowest BCUT2D eigenvalue weighted by molar-refractivity contribution is -0.133. The van der Waals surface area contributed by atoms with Crippen molar-refractivity contribution in [3.05, 3.63) is 82.0 Å². The average Bonchev–Trinajstić information content (AvgIpc) is 3.22. The number of urea groups is 1. The largest absolute Gasteiger partial charge is 0.343 e. The van der Waals surface area contributed by atoms with Gasteiger partial charge in [-0.25, -0.2) is 4.79 Å². The summed E-state index contributed by atoms with van der Waals surface area (Å²) in [6, 6.07) is 16.8. The minimum atomic E-state index is -0.603. The molecule has 8 heteroatoms. The summed E-state index contributed by atoms with van der Waals surface area (Å²) < 4.78 is 0. The summed E-state index contributed by atoms with van der Waals surface area (Å²) in [5, 5.41) is 3.40. The number of amides is 4. The normalized spacial score (nSPS) is 20.6. The Balaban J connectivity index is 1.18. The number of carbonyl (C=O) groups excluding carboxylic acids is 3. The first-order chi connectivity index (χ1) is 17.4. The smallest absolute Gasteiger partial charge is 0.322 e. The maximum absolute atomic E-state index is 13.4. The Labute approximate surface area is 216 Å². The third-order valence-corrected chi connectivity index (χ3v) is 7.93. The molecule has 1 atom stereocenters. The van der Waals surface area contributed by atoms with Crippen LogP contribution < -0.4 is 5.32 Å². The summed E-state index contributed by atoms with van der Waals surface area (Å²) in [4.78, 5) is 44.1. The molecule has 1 saturated heterocycles. The summed E-state index contributed by atoms with van der Waals surface area (Å²) in [5.41, 5.74) is 3.24. The van der Waals surface area contributed by atoms with Crippen LogP contribution in [0.4, 0.5) is 4.79 Å². The average molecular weight is 507 g/mol. The van der Waals surface area contributed by atoms with Gasteiger partial charge in [-0.15, -0.1) is 0 Å². The molecule has 2 aromatic rings. The topological polar surface area (TPSA) is 73.0 Å². The first-order valence-corrected chi connectivity index (χ1v) is 12.9. The highest BCUT2D eigenvalue weighted by atomic mass is 35.5. The van der Waals surface area contributed by atoms with E-state index in [2.05, 4.69) is 29.6 Å². The van der Waals surface area contributed by atoms with E-state index in [4.69, 9.17) is 11.6 Å². The second-order valence-corrected chi connectivity index (χ2v) is 10.2. The number of carbonyl (C=O) groups is 3. The molecule has 1 fully saturated rings. The molecule has 0 aliphatic carbocycles. The Morgan fingerprint density at radius 3 is 2.44 bits per heavy atom. The van der Waals surface area contributed by atoms with E-state index in [9.17, 15) is 14.4 Å². The molecule has 7 nitrogen and oxygen atoms in total. The molecule has 4 amide bonds. The number of benzene rings is 2. The second-order valence-electron chi connectivity index (χ2n) is 9.81. The number of nitrogens with zero attached hydrogens (tertiary/aromatic N) is 3. The molecule has 2 aromatic carbocycles. The third kappa shape index (κ3) is 4.85. The fourth-order valence-corrected chi connectivity index (χ4v) is 5.71. The van der Waals surface area contributed by atoms with Crippen LogP contribution in [0.1, 0.15) is 36.4 Å². The van der Waals surface area contributed by atoms with Gasteiger partial charge in [0, 0.05) is 38.1 Å². The van der Waals surface area contributed by atoms with E-state index >= 15 is 0 Å². The molecule has 3 aliphatic rings. The molecule has 0 unspecified atom stereocenters. The monoisotopic (exact) mass is 506 g/mol. The van der Waals surface area contributed by atoms with Crippen molar-refractivity contribution in [3.63, 3.8) is 0 Å². The Bertz CT molecular complexity index is 1190. The lowest BCUT2D eigenvalue weighted by Crippen LogP contribution is -2.45. The molecule has 0 aromatic heterocycles. The van der Waals surface area contributed by atoms with Crippen LogP contribution in [0, 0.1) is 5.92 Å². The predicted octanol–water partition coefficient (Wildman–Crippen LogP) is 4.00. The maximum Gasteiger partial charge on any atom is 0.322 e. The Hall–Kier alpha value is -3.32. The summed E-state index contributed by atoms with van der Waals surface area (Å²) in [6.07, 6.45) is 3.32. The first kappa shape index (κ1) is 24.4. The number of likely N-dealkylation sites (tertiary alicyclic amines) is 1. The fourth-order valence-electron chi connectivity index (χ4n) is 5.47. The summed E-state index contributed by atoms with van der Waals surface area (Å²) in [6.45, 7) is 2.15. The van der Waals surface area contributed by atoms with Gasteiger partial charge in [-0.05, 0) is 42.4 Å². The molecule has 0 saturated carbocycles. The SMILES string of the molecule is CN1C(=O)N[C@@H](c2ccccc2Cl)C2=C1CN(CCC(=O)N1CCC(Cc3ccccc3)CC1)C2=O. The Kier molecular flexibility index (Phi) is 7.01. The van der Waals surface area contributed by atoms with Crippen LogP contribution in [0.2, 0.25) is 5.02 Å². The van der Waals surface area contributed by atoms with Gasteiger partial charge >= 0.3 is 6.03 Å². The van der Waals surface area contributed by atoms with Gasteiger partial charge in [0.05, 0.1) is 23.9 Å². The van der Waals surface area contributed by atoms with Crippen LogP contribution in [0.15, 0.2) is 65.9 Å². The van der Waals surface area contributed by atoms with Crippen molar-refractivity contribution in [1.29, 1.82) is 0 Å². The van der Waals surface area contributed by atoms with Crippen molar-refractivity contribution in [1.82, 2.24) is 20.0 Å². The number of hydrogen-bond acceptors (Lipinski definition) is 3. The zero-order valence-corrected chi connectivity index (χ0v) is 21.2. The zero-order chi connectivity index (χ0) is 25.2. The molecule has 0 bridgehead atoms. The first-order valence-electron chi connectivity index (χ1n) is 12.5. The predicted molar refractivity (Wildman–Crippen MR) is 138 cm³/mol. The molecular weight excluding hydrogens is 476 g/mol. The molecule has 36 heavy (non-hydrogen) atoms. The number of nitrogens with one attached hydrogen (secondary N) is 1. The van der Waals surface area contributed by atoms with E-state index in [-0.39, 0.29) is 24.3 Å². The van der Waals surface area contributed by atoms with Crippen LogP contribution in [0.25, 0.3) is 0 Å². The lowest BCUT2D eigenvalue weighted by atomic mass is 9.90. The maximum atomic E-state index is 13.4. The second kappa shape index (κ2) is 10.3. The minimum Gasteiger partial charge on any atom is -0.343 e.